The van der Waals surface area contributed by atoms with Gasteiger partial charge < -0.3 is 15.1 Å². The number of benzene rings is 1. The summed E-state index contributed by atoms with van der Waals surface area (Å²) in [6.45, 7) is 6.68. The summed E-state index contributed by atoms with van der Waals surface area (Å²) in [6.07, 6.45) is 3.59. The maximum Gasteiger partial charge on any atom is 0.317 e. The number of amides is 3. The summed E-state index contributed by atoms with van der Waals surface area (Å²) in [5, 5.41) is 3.12. The van der Waals surface area contributed by atoms with E-state index in [0.29, 0.717) is 42.4 Å². The van der Waals surface area contributed by atoms with Crippen LogP contribution in [-0.4, -0.2) is 47.9 Å². The first-order valence-corrected chi connectivity index (χ1v) is 11.0. The minimum absolute atomic E-state index is 0.0124. The molecule has 1 N–H and O–H groups in total. The summed E-state index contributed by atoms with van der Waals surface area (Å²) >= 11 is 11.9. The molecular formula is C21H28Cl2FN3O2. The van der Waals surface area contributed by atoms with Gasteiger partial charge in [0.2, 0.25) is 5.91 Å². The van der Waals surface area contributed by atoms with Crippen molar-refractivity contribution in [3.05, 3.63) is 33.6 Å². The molecule has 3 amide bonds. The molecule has 0 aliphatic carbocycles. The van der Waals surface area contributed by atoms with Crippen molar-refractivity contribution < 1.29 is 14.0 Å². The Morgan fingerprint density at radius 2 is 1.79 bits per heavy atom. The molecule has 160 valence electrons. The fourth-order valence-electron chi connectivity index (χ4n) is 4.20. The lowest BCUT2D eigenvalue weighted by atomic mass is 9.93. The molecule has 8 heteroatoms. The van der Waals surface area contributed by atoms with Crippen LogP contribution in [0.2, 0.25) is 10.0 Å². The van der Waals surface area contributed by atoms with Gasteiger partial charge in [0.05, 0.1) is 11.1 Å². The highest BCUT2D eigenvalue weighted by Gasteiger charge is 2.32. The summed E-state index contributed by atoms with van der Waals surface area (Å²) < 4.78 is 13.8. The molecule has 2 aliphatic rings. The number of carbonyl (C=O) groups is 2. The molecule has 0 aromatic heterocycles. The summed E-state index contributed by atoms with van der Waals surface area (Å²) in [5.74, 6) is 0.207. The number of carbonyl (C=O) groups excluding carboxylic acids is 2. The van der Waals surface area contributed by atoms with E-state index in [2.05, 4.69) is 12.2 Å². The Morgan fingerprint density at radius 1 is 1.10 bits per heavy atom. The zero-order valence-electron chi connectivity index (χ0n) is 16.9. The van der Waals surface area contributed by atoms with Gasteiger partial charge in [0.1, 0.15) is 5.82 Å². The van der Waals surface area contributed by atoms with Crippen molar-refractivity contribution in [2.24, 2.45) is 11.8 Å². The molecule has 1 aromatic rings. The van der Waals surface area contributed by atoms with Gasteiger partial charge in [-0.05, 0) is 56.2 Å². The average molecular weight is 444 g/mol. The number of hydrogen-bond acceptors (Lipinski definition) is 2. The van der Waals surface area contributed by atoms with Crippen molar-refractivity contribution in [1.29, 1.82) is 0 Å². The Labute approximate surface area is 181 Å². The van der Waals surface area contributed by atoms with Crippen molar-refractivity contribution in [1.82, 2.24) is 15.1 Å². The predicted octanol–water partition coefficient (Wildman–Crippen LogP) is 4.87. The van der Waals surface area contributed by atoms with Crippen LogP contribution in [0.3, 0.4) is 0 Å². The maximum atomic E-state index is 13.8. The van der Waals surface area contributed by atoms with Crippen LogP contribution >= 0.6 is 23.2 Å². The first-order chi connectivity index (χ1) is 13.8. The molecule has 2 unspecified atom stereocenters. The smallest absolute Gasteiger partial charge is 0.317 e. The van der Waals surface area contributed by atoms with Crippen molar-refractivity contribution in [2.75, 3.05) is 26.2 Å². The highest BCUT2D eigenvalue weighted by molar-refractivity contribution is 6.35. The number of rotatable bonds is 3. The quantitative estimate of drug-likeness (QED) is 0.677. The molecule has 2 saturated heterocycles. The van der Waals surface area contributed by atoms with Crippen molar-refractivity contribution in [3.63, 3.8) is 0 Å². The molecule has 2 fully saturated rings. The zero-order chi connectivity index (χ0) is 21.1. The minimum Gasteiger partial charge on any atom is -0.342 e. The van der Waals surface area contributed by atoms with Crippen LogP contribution in [0.4, 0.5) is 9.18 Å². The molecule has 3 rings (SSSR count). The van der Waals surface area contributed by atoms with E-state index in [1.807, 2.05) is 4.90 Å². The van der Waals surface area contributed by atoms with E-state index in [1.54, 1.807) is 11.8 Å². The lowest BCUT2D eigenvalue weighted by Crippen LogP contribution is -2.49. The Kier molecular flexibility index (Phi) is 7.28. The molecule has 29 heavy (non-hydrogen) atoms. The number of hydrogen-bond donors (Lipinski definition) is 1. The van der Waals surface area contributed by atoms with Crippen LogP contribution < -0.4 is 5.32 Å². The summed E-state index contributed by atoms with van der Waals surface area (Å²) in [4.78, 5) is 29.1. The molecular weight excluding hydrogens is 416 g/mol. The van der Waals surface area contributed by atoms with E-state index in [1.165, 1.54) is 18.6 Å². The van der Waals surface area contributed by atoms with E-state index in [0.717, 1.165) is 19.5 Å². The summed E-state index contributed by atoms with van der Waals surface area (Å²) in [6, 6.07) is 1.90. The maximum absolute atomic E-state index is 13.8. The van der Waals surface area contributed by atoms with Gasteiger partial charge in [0.15, 0.2) is 0 Å². The third-order valence-corrected chi connectivity index (χ3v) is 6.56. The lowest BCUT2D eigenvalue weighted by molar-refractivity contribution is -0.138. The molecule has 2 aliphatic heterocycles. The third kappa shape index (κ3) is 5.34. The first kappa shape index (κ1) is 22.2. The van der Waals surface area contributed by atoms with Gasteiger partial charge in [-0.2, -0.15) is 0 Å². The van der Waals surface area contributed by atoms with Crippen LogP contribution in [0.5, 0.6) is 0 Å². The number of nitrogens with zero attached hydrogens (tertiary/aromatic N) is 2. The number of likely N-dealkylation sites (tertiary alicyclic amines) is 2. The van der Waals surface area contributed by atoms with Gasteiger partial charge in [0, 0.05) is 37.1 Å². The van der Waals surface area contributed by atoms with Crippen molar-refractivity contribution in [2.45, 2.75) is 45.6 Å². The van der Waals surface area contributed by atoms with Crippen LogP contribution in [-0.2, 0) is 4.79 Å². The summed E-state index contributed by atoms with van der Waals surface area (Å²) in [5.41, 5.74) is 0.478. The molecule has 2 heterocycles. The minimum atomic E-state index is -0.571. The Hall–Kier alpha value is -1.53. The largest absolute Gasteiger partial charge is 0.342 e. The topological polar surface area (TPSA) is 52.7 Å². The molecule has 0 saturated carbocycles. The monoisotopic (exact) mass is 443 g/mol. The van der Waals surface area contributed by atoms with E-state index in [-0.39, 0.29) is 22.9 Å². The second kappa shape index (κ2) is 9.52. The van der Waals surface area contributed by atoms with E-state index < -0.39 is 11.9 Å². The number of urea groups is 1. The molecule has 5 nitrogen and oxygen atoms in total. The van der Waals surface area contributed by atoms with Crippen LogP contribution in [0.25, 0.3) is 0 Å². The SMILES string of the molecule is CC1CCCN(C(=O)C2CCN(C(=O)NC(C)c3cc(F)c(Cl)cc3Cl)CC2)C1. The Morgan fingerprint density at radius 3 is 2.45 bits per heavy atom. The number of nitrogens with one attached hydrogen (secondary N) is 1. The van der Waals surface area contributed by atoms with Crippen LogP contribution in [0.15, 0.2) is 12.1 Å². The second-order valence-electron chi connectivity index (χ2n) is 8.25. The van der Waals surface area contributed by atoms with Gasteiger partial charge in [-0.1, -0.05) is 30.1 Å². The fraction of sp³-hybridized carbons (Fsp3) is 0.619. The van der Waals surface area contributed by atoms with Crippen LogP contribution in [0.1, 0.15) is 51.1 Å². The lowest BCUT2D eigenvalue weighted by Gasteiger charge is -2.37. The molecule has 2 atom stereocenters. The number of halogens is 3. The second-order valence-corrected chi connectivity index (χ2v) is 9.07. The normalized spacial score (nSPS) is 21.8. The summed E-state index contributed by atoms with van der Waals surface area (Å²) in [7, 11) is 0. The Bertz CT molecular complexity index is 769. The van der Waals surface area contributed by atoms with Gasteiger partial charge in [-0.15, -0.1) is 0 Å². The van der Waals surface area contributed by atoms with E-state index in [4.69, 9.17) is 23.2 Å². The standard InChI is InChI=1S/C21H28Cl2FN3O2/c1-13-4-3-7-27(12-13)20(28)15-5-8-26(9-6-15)21(29)25-14(2)16-10-19(24)18(23)11-17(16)22/h10-11,13-15H,3-9,12H2,1-2H3,(H,25,29). The van der Waals surface area contributed by atoms with E-state index >= 15 is 0 Å². The molecule has 0 bridgehead atoms. The number of piperidine rings is 2. The van der Waals surface area contributed by atoms with Gasteiger partial charge >= 0.3 is 6.03 Å². The molecule has 1 aromatic carbocycles. The molecule has 0 radical (unpaired) electrons. The van der Waals surface area contributed by atoms with Gasteiger partial charge in [0.25, 0.3) is 0 Å². The third-order valence-electron chi connectivity index (χ3n) is 5.95. The first-order valence-electron chi connectivity index (χ1n) is 10.2. The fourth-order valence-corrected chi connectivity index (χ4v) is 4.75. The van der Waals surface area contributed by atoms with E-state index in [9.17, 15) is 14.0 Å². The van der Waals surface area contributed by atoms with Crippen molar-refractivity contribution in [3.8, 4) is 0 Å². The zero-order valence-corrected chi connectivity index (χ0v) is 18.4. The average Bonchev–Trinajstić information content (AvgIpc) is 2.70. The molecule has 0 spiro atoms. The predicted molar refractivity (Wildman–Crippen MR) is 113 cm³/mol. The highest BCUT2D eigenvalue weighted by atomic mass is 35.5. The highest BCUT2D eigenvalue weighted by Crippen LogP contribution is 2.29. The van der Waals surface area contributed by atoms with Crippen LogP contribution in [0, 0.1) is 17.7 Å². The van der Waals surface area contributed by atoms with Gasteiger partial charge in [-0.25, -0.2) is 9.18 Å². The van der Waals surface area contributed by atoms with Gasteiger partial charge in [-0.3, -0.25) is 4.79 Å². The Balaban J connectivity index is 1.52. The van der Waals surface area contributed by atoms with Crippen molar-refractivity contribution >= 4 is 35.1 Å².